The molecule has 0 aromatic heterocycles. The molecule has 0 aliphatic rings. The highest BCUT2D eigenvalue weighted by Crippen LogP contribution is 2.11. The first-order valence-electron chi connectivity index (χ1n) is 12.9. The van der Waals surface area contributed by atoms with Crippen LogP contribution in [0.4, 0.5) is 4.79 Å². The maximum absolute atomic E-state index is 12.9. The van der Waals surface area contributed by atoms with Gasteiger partial charge in [0.25, 0.3) is 0 Å². The summed E-state index contributed by atoms with van der Waals surface area (Å²) in [6, 6.07) is -0.101. The van der Waals surface area contributed by atoms with Gasteiger partial charge in [0.05, 0.1) is 0 Å². The molecule has 0 unspecified atom stereocenters. The van der Waals surface area contributed by atoms with Crippen molar-refractivity contribution >= 4 is 6.03 Å². The molecule has 5 heteroatoms. The molecule has 0 spiro atoms. The molecule has 0 radical (unpaired) electrons. The number of hydrazine groups is 2. The molecule has 180 valence electrons. The number of nitrogens with one attached hydrogen (secondary N) is 1. The smallest absolute Gasteiger partial charge is 0.261 e. The van der Waals surface area contributed by atoms with Crippen LogP contribution in [0.1, 0.15) is 137 Å². The summed E-state index contributed by atoms with van der Waals surface area (Å²) in [5.74, 6) is 6.12. The number of carbonyl (C=O) groups excluding carboxylic acids is 1. The number of hydrogen-bond acceptors (Lipinski definition) is 3. The number of rotatable bonds is 19. The summed E-state index contributed by atoms with van der Waals surface area (Å²) >= 11 is 0. The Bertz CT molecular complexity index is 395. The van der Waals surface area contributed by atoms with Gasteiger partial charge in [-0.2, -0.15) is 0 Å². The van der Waals surface area contributed by atoms with Crippen molar-refractivity contribution in [3.8, 4) is 0 Å². The van der Waals surface area contributed by atoms with E-state index >= 15 is 0 Å². The summed E-state index contributed by atoms with van der Waals surface area (Å²) in [5, 5.41) is 3.14. The van der Waals surface area contributed by atoms with E-state index in [4.69, 9.17) is 5.84 Å². The van der Waals surface area contributed by atoms with Gasteiger partial charge in [0.1, 0.15) is 0 Å². The lowest BCUT2D eigenvalue weighted by Gasteiger charge is -2.34. The summed E-state index contributed by atoms with van der Waals surface area (Å²) in [7, 11) is 0. The Balaban J connectivity index is 4.15. The van der Waals surface area contributed by atoms with Gasteiger partial charge < -0.3 is 0 Å². The molecular weight excluding hydrogens is 372 g/mol. The van der Waals surface area contributed by atoms with E-state index in [-0.39, 0.29) is 11.6 Å². The third-order valence-electron chi connectivity index (χ3n) is 5.43. The third kappa shape index (κ3) is 18.0. The quantitative estimate of drug-likeness (QED) is 0.0996. The molecule has 0 heterocycles. The molecule has 0 aliphatic carbocycles. The fourth-order valence-corrected chi connectivity index (χ4v) is 3.67. The minimum absolute atomic E-state index is 0.101. The van der Waals surface area contributed by atoms with Crippen LogP contribution in [0, 0.1) is 0 Å². The first-order valence-corrected chi connectivity index (χ1v) is 12.9. The lowest BCUT2D eigenvalue weighted by Crippen LogP contribution is -2.58. The molecule has 0 rings (SSSR count). The molecular formula is C25H54N4O. The van der Waals surface area contributed by atoms with Gasteiger partial charge in [-0.25, -0.2) is 16.1 Å². The van der Waals surface area contributed by atoms with Gasteiger partial charge in [0, 0.05) is 18.6 Å². The van der Waals surface area contributed by atoms with E-state index in [9.17, 15) is 4.79 Å². The fraction of sp³-hybridized carbons (Fsp3) is 0.960. The largest absolute Gasteiger partial charge is 0.348 e. The first-order chi connectivity index (χ1) is 14.3. The summed E-state index contributed by atoms with van der Waals surface area (Å²) in [6.07, 6.45) is 20.1. The van der Waals surface area contributed by atoms with Gasteiger partial charge in [-0.05, 0) is 33.6 Å². The van der Waals surface area contributed by atoms with Gasteiger partial charge >= 0.3 is 6.03 Å². The second-order valence-electron chi connectivity index (χ2n) is 9.94. The van der Waals surface area contributed by atoms with Crippen LogP contribution in [0.5, 0.6) is 0 Å². The summed E-state index contributed by atoms with van der Waals surface area (Å²) in [5.41, 5.74) is 3.19. The third-order valence-corrected chi connectivity index (χ3v) is 5.43. The van der Waals surface area contributed by atoms with Crippen molar-refractivity contribution in [1.82, 2.24) is 15.4 Å². The van der Waals surface area contributed by atoms with E-state index in [1.807, 2.05) is 0 Å². The van der Waals surface area contributed by atoms with Gasteiger partial charge in [-0.3, -0.25) is 10.0 Å². The molecule has 5 nitrogen and oxygen atoms in total. The molecule has 0 atom stereocenters. The van der Waals surface area contributed by atoms with Crippen molar-refractivity contribution in [3.05, 3.63) is 0 Å². The van der Waals surface area contributed by atoms with Crippen LogP contribution < -0.4 is 11.3 Å². The topological polar surface area (TPSA) is 61.6 Å². The van der Waals surface area contributed by atoms with E-state index in [2.05, 4.69) is 40.0 Å². The Morgan fingerprint density at radius 3 is 1.43 bits per heavy atom. The van der Waals surface area contributed by atoms with Crippen molar-refractivity contribution in [2.24, 2.45) is 5.84 Å². The minimum Gasteiger partial charge on any atom is -0.261 e. The Kier molecular flexibility index (Phi) is 18.4. The number of nitrogens with two attached hydrogens (primary N) is 1. The number of hydrogen-bond donors (Lipinski definition) is 2. The molecule has 0 fully saturated rings. The highest BCUT2D eigenvalue weighted by atomic mass is 16.2. The molecule has 30 heavy (non-hydrogen) atoms. The fourth-order valence-electron chi connectivity index (χ4n) is 3.67. The summed E-state index contributed by atoms with van der Waals surface area (Å²) in [4.78, 5) is 12.9. The van der Waals surface area contributed by atoms with E-state index in [1.54, 1.807) is 5.01 Å². The van der Waals surface area contributed by atoms with Crippen LogP contribution in [0.25, 0.3) is 0 Å². The van der Waals surface area contributed by atoms with Crippen LogP contribution >= 0.6 is 0 Å². The second kappa shape index (κ2) is 18.9. The molecule has 2 amide bonds. The lowest BCUT2D eigenvalue weighted by molar-refractivity contribution is 0.103. The highest BCUT2D eigenvalue weighted by molar-refractivity contribution is 5.73. The molecule has 0 saturated carbocycles. The van der Waals surface area contributed by atoms with Crippen molar-refractivity contribution < 1.29 is 4.79 Å². The van der Waals surface area contributed by atoms with Gasteiger partial charge in [-0.15, -0.1) is 0 Å². The Hall–Kier alpha value is -0.810. The molecule has 0 aliphatic heterocycles. The normalized spacial score (nSPS) is 11.7. The number of urea groups is 1. The molecule has 3 N–H and O–H groups in total. The van der Waals surface area contributed by atoms with Crippen molar-refractivity contribution in [2.45, 2.75) is 143 Å². The van der Waals surface area contributed by atoms with Gasteiger partial charge in [-0.1, -0.05) is 104 Å². The number of amides is 2. The molecule has 0 aromatic carbocycles. The predicted molar refractivity (Wildman–Crippen MR) is 131 cm³/mol. The standard InChI is InChI=1S/C25H54N4O/c1-6-8-10-12-14-16-18-20-22-28(26)24(30)29(27-25(3,4)5)23-21-19-17-15-13-11-9-7-2/h27H,6-23,26H2,1-5H3. The number of unbranched alkanes of at least 4 members (excludes halogenated alkanes) is 14. The zero-order chi connectivity index (χ0) is 22.7. The summed E-state index contributed by atoms with van der Waals surface area (Å²) < 4.78 is 0. The van der Waals surface area contributed by atoms with E-state index in [0.29, 0.717) is 6.54 Å². The average Bonchev–Trinajstić information content (AvgIpc) is 2.69. The SMILES string of the molecule is CCCCCCCCCCN(N)C(=O)N(CCCCCCCCCC)NC(C)(C)C. The zero-order valence-corrected chi connectivity index (χ0v) is 21.1. The Morgan fingerprint density at radius 2 is 1.03 bits per heavy atom. The Morgan fingerprint density at radius 1 is 0.667 bits per heavy atom. The average molecular weight is 427 g/mol. The van der Waals surface area contributed by atoms with Crippen molar-refractivity contribution in [2.75, 3.05) is 13.1 Å². The highest BCUT2D eigenvalue weighted by Gasteiger charge is 2.22. The maximum atomic E-state index is 12.9. The minimum atomic E-state index is -0.158. The molecule has 0 bridgehead atoms. The van der Waals surface area contributed by atoms with Crippen molar-refractivity contribution in [1.29, 1.82) is 0 Å². The zero-order valence-electron chi connectivity index (χ0n) is 21.1. The van der Waals surface area contributed by atoms with E-state index in [1.165, 1.54) is 88.5 Å². The van der Waals surface area contributed by atoms with Gasteiger partial charge in [0.15, 0.2) is 0 Å². The van der Waals surface area contributed by atoms with Crippen molar-refractivity contribution in [3.63, 3.8) is 0 Å². The molecule has 0 saturated heterocycles. The van der Waals surface area contributed by atoms with Crippen LogP contribution in [0.3, 0.4) is 0 Å². The van der Waals surface area contributed by atoms with Gasteiger partial charge in [0.2, 0.25) is 0 Å². The second-order valence-corrected chi connectivity index (χ2v) is 9.94. The Labute approximate surface area is 188 Å². The van der Waals surface area contributed by atoms with E-state index in [0.717, 1.165) is 25.8 Å². The molecule has 0 aromatic rings. The van der Waals surface area contributed by atoms with Crippen LogP contribution in [0.15, 0.2) is 0 Å². The predicted octanol–water partition coefficient (Wildman–Crippen LogP) is 7.17. The van der Waals surface area contributed by atoms with E-state index < -0.39 is 0 Å². The van der Waals surface area contributed by atoms with Crippen LogP contribution in [0.2, 0.25) is 0 Å². The first kappa shape index (κ1) is 29.2. The van der Waals surface area contributed by atoms with Crippen LogP contribution in [-0.4, -0.2) is 34.7 Å². The number of carbonyl (C=O) groups is 1. The lowest BCUT2D eigenvalue weighted by atomic mass is 10.1. The maximum Gasteiger partial charge on any atom is 0.348 e. The van der Waals surface area contributed by atoms with Crippen LogP contribution in [-0.2, 0) is 0 Å². The summed E-state index contributed by atoms with van der Waals surface area (Å²) in [6.45, 7) is 12.1. The number of nitrogens with zero attached hydrogens (tertiary/aromatic N) is 2. The monoisotopic (exact) mass is 426 g/mol.